The summed E-state index contributed by atoms with van der Waals surface area (Å²) < 4.78 is 11.7. The van der Waals surface area contributed by atoms with E-state index in [1.54, 1.807) is 0 Å². The zero-order valence-corrected chi connectivity index (χ0v) is 17.6. The highest BCUT2D eigenvalue weighted by Crippen LogP contribution is 2.60. The highest BCUT2D eigenvalue weighted by molar-refractivity contribution is 5.81. The summed E-state index contributed by atoms with van der Waals surface area (Å²) in [5.41, 5.74) is 0.391. The third kappa shape index (κ3) is 3.35. The number of rotatable bonds is 4. The molecule has 5 fully saturated rings. The quantitative estimate of drug-likeness (QED) is 0.587. The number of fused-ring (bicyclic) bond motifs is 2. The summed E-state index contributed by atoms with van der Waals surface area (Å²) in [5, 5.41) is 3.99. The smallest absolute Gasteiger partial charge is 0.194 e. The number of aliphatic imine (C=N–C) groups is 1. The molecular weight excluding hydrogens is 352 g/mol. The first-order chi connectivity index (χ1) is 13.8. The molecule has 4 unspecified atom stereocenters. The Balaban J connectivity index is 1.22. The molecule has 1 N–H and O–H groups in total. The van der Waals surface area contributed by atoms with Gasteiger partial charge in [0.25, 0.3) is 0 Å². The van der Waals surface area contributed by atoms with E-state index in [2.05, 4.69) is 22.0 Å². The van der Waals surface area contributed by atoms with E-state index >= 15 is 0 Å². The fourth-order valence-corrected chi connectivity index (χ4v) is 6.75. The molecule has 2 saturated carbocycles. The molecule has 5 rings (SSSR count). The minimum Gasteiger partial charge on any atom is -0.379 e. The van der Waals surface area contributed by atoms with Gasteiger partial charge in [-0.05, 0) is 38.5 Å². The molecule has 0 bridgehead atoms. The standard InChI is InChI=1S/C22H38N4O2/c1-2-23-21(26-9-5-17(16-26)15-25-10-13-27-14-11-25)24-19-18-6-12-28-20(18)22(19)7-3-4-8-22/h17-20H,2-16H2,1H3,(H,23,24). The van der Waals surface area contributed by atoms with Crippen molar-refractivity contribution in [2.24, 2.45) is 22.2 Å². The number of hydrogen-bond acceptors (Lipinski definition) is 4. The van der Waals surface area contributed by atoms with Gasteiger partial charge in [-0.25, -0.2) is 0 Å². The average Bonchev–Trinajstić information content (AvgIpc) is 3.45. The summed E-state index contributed by atoms with van der Waals surface area (Å²) in [5.74, 6) is 2.63. The van der Waals surface area contributed by atoms with Crippen LogP contribution in [0.2, 0.25) is 0 Å². The van der Waals surface area contributed by atoms with Crippen LogP contribution in [0.5, 0.6) is 0 Å². The topological polar surface area (TPSA) is 49.3 Å². The molecule has 1 spiro atoms. The van der Waals surface area contributed by atoms with Crippen molar-refractivity contribution in [2.45, 2.75) is 57.6 Å². The van der Waals surface area contributed by atoms with Gasteiger partial charge in [0.05, 0.1) is 19.3 Å². The van der Waals surface area contributed by atoms with Gasteiger partial charge in [0.1, 0.15) is 0 Å². The van der Waals surface area contributed by atoms with Gasteiger partial charge in [0, 0.05) is 63.3 Å². The van der Waals surface area contributed by atoms with E-state index in [9.17, 15) is 0 Å². The zero-order valence-electron chi connectivity index (χ0n) is 17.6. The normalized spacial score (nSPS) is 38.0. The fraction of sp³-hybridized carbons (Fsp3) is 0.955. The molecule has 0 aromatic rings. The van der Waals surface area contributed by atoms with Gasteiger partial charge in [-0.15, -0.1) is 0 Å². The fourth-order valence-electron chi connectivity index (χ4n) is 6.75. The lowest BCUT2D eigenvalue weighted by Crippen LogP contribution is -2.69. The third-order valence-electron chi connectivity index (χ3n) is 8.08. The van der Waals surface area contributed by atoms with Crippen molar-refractivity contribution in [3.05, 3.63) is 0 Å². The Morgan fingerprint density at radius 3 is 2.71 bits per heavy atom. The third-order valence-corrected chi connectivity index (χ3v) is 8.08. The van der Waals surface area contributed by atoms with E-state index in [1.165, 1.54) is 51.0 Å². The lowest BCUT2D eigenvalue weighted by molar-refractivity contribution is -0.125. The van der Waals surface area contributed by atoms with Crippen LogP contribution in [-0.4, -0.2) is 87.0 Å². The lowest BCUT2D eigenvalue weighted by atomic mass is 9.54. The van der Waals surface area contributed by atoms with Crippen LogP contribution in [0.15, 0.2) is 4.99 Å². The van der Waals surface area contributed by atoms with Gasteiger partial charge in [-0.1, -0.05) is 12.8 Å². The first-order valence-electron chi connectivity index (χ1n) is 11.8. The summed E-state index contributed by atoms with van der Waals surface area (Å²) in [6, 6.07) is 0.575. The average molecular weight is 391 g/mol. The molecule has 0 amide bonds. The van der Waals surface area contributed by atoms with Crippen LogP contribution in [0.1, 0.15) is 45.4 Å². The Bertz CT molecular complexity index is 571. The van der Waals surface area contributed by atoms with Crippen LogP contribution in [0.3, 0.4) is 0 Å². The van der Waals surface area contributed by atoms with Crippen LogP contribution < -0.4 is 5.32 Å². The number of nitrogens with zero attached hydrogens (tertiary/aromatic N) is 3. The summed E-state index contributed by atoms with van der Waals surface area (Å²) in [7, 11) is 0. The van der Waals surface area contributed by atoms with Crippen molar-refractivity contribution in [3.8, 4) is 0 Å². The predicted octanol–water partition coefficient (Wildman–Crippen LogP) is 1.95. The van der Waals surface area contributed by atoms with E-state index in [-0.39, 0.29) is 0 Å². The molecular formula is C22H38N4O2. The lowest BCUT2D eigenvalue weighted by Gasteiger charge is -2.57. The van der Waals surface area contributed by atoms with E-state index in [0.717, 1.165) is 58.5 Å². The van der Waals surface area contributed by atoms with Crippen molar-refractivity contribution in [2.75, 3.05) is 59.1 Å². The predicted molar refractivity (Wildman–Crippen MR) is 111 cm³/mol. The molecule has 3 saturated heterocycles. The number of likely N-dealkylation sites (tertiary alicyclic amines) is 1. The van der Waals surface area contributed by atoms with Crippen molar-refractivity contribution in [1.29, 1.82) is 0 Å². The maximum Gasteiger partial charge on any atom is 0.194 e. The van der Waals surface area contributed by atoms with Crippen LogP contribution in [0, 0.1) is 17.3 Å². The number of guanidine groups is 1. The molecule has 0 aromatic carbocycles. The Labute approximate surface area is 170 Å². The number of nitrogens with one attached hydrogen (secondary N) is 1. The van der Waals surface area contributed by atoms with Gasteiger partial charge in [0.15, 0.2) is 5.96 Å². The van der Waals surface area contributed by atoms with Crippen LogP contribution in [0.4, 0.5) is 0 Å². The van der Waals surface area contributed by atoms with Gasteiger partial charge in [-0.3, -0.25) is 9.89 Å². The Kier molecular flexibility index (Phi) is 5.54. The zero-order chi connectivity index (χ0) is 19.0. The summed E-state index contributed by atoms with van der Waals surface area (Å²) in [6.45, 7) is 11.5. The summed E-state index contributed by atoms with van der Waals surface area (Å²) in [4.78, 5) is 10.1. The SMILES string of the molecule is CCN=C(NC1C2CCOC2C12CCCC2)N1CCC(CN2CCOCC2)C1. The molecule has 2 aliphatic carbocycles. The first-order valence-corrected chi connectivity index (χ1v) is 11.8. The minimum absolute atomic E-state index is 0.391. The Hall–Kier alpha value is -0.850. The molecule has 0 radical (unpaired) electrons. The molecule has 5 aliphatic rings. The van der Waals surface area contributed by atoms with Gasteiger partial charge in [-0.2, -0.15) is 0 Å². The highest BCUT2D eigenvalue weighted by Gasteiger charge is 2.65. The summed E-state index contributed by atoms with van der Waals surface area (Å²) >= 11 is 0. The summed E-state index contributed by atoms with van der Waals surface area (Å²) in [6.07, 6.45) is 8.45. The van der Waals surface area contributed by atoms with Crippen molar-refractivity contribution in [1.82, 2.24) is 15.1 Å². The molecule has 4 atom stereocenters. The van der Waals surface area contributed by atoms with Crippen molar-refractivity contribution < 1.29 is 9.47 Å². The number of morpholine rings is 1. The van der Waals surface area contributed by atoms with Crippen molar-refractivity contribution in [3.63, 3.8) is 0 Å². The van der Waals surface area contributed by atoms with E-state index < -0.39 is 0 Å². The number of hydrogen-bond donors (Lipinski definition) is 1. The highest BCUT2D eigenvalue weighted by atomic mass is 16.5. The van der Waals surface area contributed by atoms with Crippen LogP contribution in [0.25, 0.3) is 0 Å². The van der Waals surface area contributed by atoms with Crippen LogP contribution in [-0.2, 0) is 9.47 Å². The largest absolute Gasteiger partial charge is 0.379 e. The van der Waals surface area contributed by atoms with E-state index in [4.69, 9.17) is 14.5 Å². The number of ether oxygens (including phenoxy) is 2. The van der Waals surface area contributed by atoms with Gasteiger partial charge < -0.3 is 19.7 Å². The maximum atomic E-state index is 6.18. The monoisotopic (exact) mass is 390 g/mol. The minimum atomic E-state index is 0.391. The molecule has 3 heterocycles. The van der Waals surface area contributed by atoms with Gasteiger partial charge in [0.2, 0.25) is 0 Å². The molecule has 6 heteroatoms. The molecule has 3 aliphatic heterocycles. The Morgan fingerprint density at radius 1 is 1.11 bits per heavy atom. The Morgan fingerprint density at radius 2 is 1.93 bits per heavy atom. The van der Waals surface area contributed by atoms with Gasteiger partial charge >= 0.3 is 0 Å². The molecule has 6 nitrogen and oxygen atoms in total. The van der Waals surface area contributed by atoms with Crippen molar-refractivity contribution >= 4 is 5.96 Å². The second-order valence-electron chi connectivity index (χ2n) is 9.62. The molecule has 0 aromatic heterocycles. The second kappa shape index (κ2) is 8.11. The van der Waals surface area contributed by atoms with E-state index in [0.29, 0.717) is 23.5 Å². The molecule has 158 valence electrons. The molecule has 28 heavy (non-hydrogen) atoms. The first kappa shape index (κ1) is 19.1. The van der Waals surface area contributed by atoms with Crippen LogP contribution >= 0.6 is 0 Å². The maximum absolute atomic E-state index is 6.18. The second-order valence-corrected chi connectivity index (χ2v) is 9.62. The van der Waals surface area contributed by atoms with E-state index in [1.807, 2.05) is 0 Å².